The predicted molar refractivity (Wildman–Crippen MR) is 84.0 cm³/mol. The minimum absolute atomic E-state index is 0.0509. The first kappa shape index (κ1) is 12.6. The summed E-state index contributed by atoms with van der Waals surface area (Å²) < 4.78 is 1.17. The lowest BCUT2D eigenvalue weighted by atomic mass is 9.97. The summed E-state index contributed by atoms with van der Waals surface area (Å²) in [7, 11) is 0. The monoisotopic (exact) mass is 364 g/mol. The molecule has 3 rings (SSSR count). The van der Waals surface area contributed by atoms with Gasteiger partial charge in [0.25, 0.3) is 0 Å². The fourth-order valence-electron chi connectivity index (χ4n) is 2.34. The van der Waals surface area contributed by atoms with Crippen LogP contribution in [0.3, 0.4) is 0 Å². The topological polar surface area (TPSA) is 55.1 Å². The van der Waals surface area contributed by atoms with Gasteiger partial charge in [0.05, 0.1) is 12.5 Å². The van der Waals surface area contributed by atoms with Crippen LogP contribution in [-0.4, -0.2) is 5.91 Å². The van der Waals surface area contributed by atoms with Crippen LogP contribution in [0, 0.1) is 3.57 Å². The molecule has 96 valence electrons. The van der Waals surface area contributed by atoms with Gasteiger partial charge in [0.2, 0.25) is 5.91 Å². The van der Waals surface area contributed by atoms with Gasteiger partial charge in [-0.3, -0.25) is 4.79 Å². The standard InChI is InChI=1S/C15H13IN2O/c16-12-3-1-2-9(7-12)15(17)10-4-5-13-11(6-10)8-14(19)18-13/h1-7,15H,8,17H2,(H,18,19). The molecule has 1 unspecified atom stereocenters. The number of nitrogens with one attached hydrogen (secondary N) is 1. The number of halogens is 1. The van der Waals surface area contributed by atoms with Crippen LogP contribution in [0.2, 0.25) is 0 Å². The van der Waals surface area contributed by atoms with Gasteiger partial charge >= 0.3 is 0 Å². The second-order valence-corrected chi connectivity index (χ2v) is 5.92. The molecule has 1 aliphatic heterocycles. The van der Waals surface area contributed by atoms with Crippen molar-refractivity contribution in [2.75, 3.05) is 5.32 Å². The summed E-state index contributed by atoms with van der Waals surface area (Å²) in [6.45, 7) is 0. The van der Waals surface area contributed by atoms with Gasteiger partial charge in [0.15, 0.2) is 0 Å². The highest BCUT2D eigenvalue weighted by Crippen LogP contribution is 2.28. The zero-order valence-electron chi connectivity index (χ0n) is 10.2. The van der Waals surface area contributed by atoms with Gasteiger partial charge in [0, 0.05) is 9.26 Å². The predicted octanol–water partition coefficient (Wildman–Crippen LogP) is 2.83. The van der Waals surface area contributed by atoms with Crippen molar-refractivity contribution in [2.24, 2.45) is 5.73 Å². The number of nitrogens with two attached hydrogens (primary N) is 1. The van der Waals surface area contributed by atoms with Crippen LogP contribution >= 0.6 is 22.6 Å². The van der Waals surface area contributed by atoms with Crippen molar-refractivity contribution >= 4 is 34.2 Å². The third kappa shape index (κ3) is 2.50. The fraction of sp³-hybridized carbons (Fsp3) is 0.133. The summed E-state index contributed by atoms with van der Waals surface area (Å²) >= 11 is 2.28. The lowest BCUT2D eigenvalue weighted by Crippen LogP contribution is -2.12. The highest BCUT2D eigenvalue weighted by Gasteiger charge is 2.19. The lowest BCUT2D eigenvalue weighted by Gasteiger charge is -2.14. The van der Waals surface area contributed by atoms with Crippen molar-refractivity contribution in [1.82, 2.24) is 0 Å². The zero-order chi connectivity index (χ0) is 13.4. The number of hydrogen-bond donors (Lipinski definition) is 2. The van der Waals surface area contributed by atoms with E-state index in [-0.39, 0.29) is 11.9 Å². The van der Waals surface area contributed by atoms with E-state index in [1.165, 1.54) is 3.57 Å². The molecule has 1 heterocycles. The maximum Gasteiger partial charge on any atom is 0.228 e. The molecule has 0 aliphatic carbocycles. The highest BCUT2D eigenvalue weighted by molar-refractivity contribution is 14.1. The molecule has 0 radical (unpaired) electrons. The smallest absolute Gasteiger partial charge is 0.228 e. The molecule has 2 aromatic rings. The Balaban J connectivity index is 1.95. The van der Waals surface area contributed by atoms with E-state index in [9.17, 15) is 4.79 Å². The van der Waals surface area contributed by atoms with Crippen molar-refractivity contribution in [2.45, 2.75) is 12.5 Å². The number of rotatable bonds is 2. The average molecular weight is 364 g/mol. The number of amides is 1. The van der Waals surface area contributed by atoms with Crippen molar-refractivity contribution in [1.29, 1.82) is 0 Å². The molecule has 1 amide bonds. The normalized spacial score (nSPS) is 14.9. The van der Waals surface area contributed by atoms with Gasteiger partial charge in [-0.2, -0.15) is 0 Å². The maximum atomic E-state index is 11.4. The van der Waals surface area contributed by atoms with E-state index in [1.807, 2.05) is 36.4 Å². The summed E-state index contributed by atoms with van der Waals surface area (Å²) in [5.74, 6) is 0.0509. The molecule has 4 heteroatoms. The number of carbonyl (C=O) groups excluding carboxylic acids is 1. The Hall–Kier alpha value is -1.40. The third-order valence-corrected chi connectivity index (χ3v) is 3.99. The Bertz CT molecular complexity index is 654. The molecular weight excluding hydrogens is 351 g/mol. The summed E-state index contributed by atoms with van der Waals surface area (Å²) in [5.41, 5.74) is 10.4. The van der Waals surface area contributed by atoms with E-state index in [4.69, 9.17) is 5.73 Å². The van der Waals surface area contributed by atoms with Crippen LogP contribution in [-0.2, 0) is 11.2 Å². The number of fused-ring (bicyclic) bond motifs is 1. The summed E-state index contributed by atoms with van der Waals surface area (Å²) in [5, 5.41) is 2.83. The Labute approximate surface area is 125 Å². The van der Waals surface area contributed by atoms with E-state index < -0.39 is 0 Å². The molecular formula is C15H13IN2O. The second-order valence-electron chi connectivity index (χ2n) is 4.67. The van der Waals surface area contributed by atoms with Crippen molar-refractivity contribution in [3.05, 3.63) is 62.7 Å². The van der Waals surface area contributed by atoms with Gasteiger partial charge in [-0.15, -0.1) is 0 Å². The van der Waals surface area contributed by atoms with Crippen LogP contribution in [0.25, 0.3) is 0 Å². The molecule has 0 saturated heterocycles. The molecule has 2 aromatic carbocycles. The van der Waals surface area contributed by atoms with Crippen molar-refractivity contribution in [3.8, 4) is 0 Å². The van der Waals surface area contributed by atoms with Crippen LogP contribution < -0.4 is 11.1 Å². The number of hydrogen-bond acceptors (Lipinski definition) is 2. The first-order valence-corrected chi connectivity index (χ1v) is 7.15. The van der Waals surface area contributed by atoms with Gasteiger partial charge in [-0.25, -0.2) is 0 Å². The molecule has 1 aliphatic rings. The van der Waals surface area contributed by atoms with Crippen LogP contribution in [0.15, 0.2) is 42.5 Å². The van der Waals surface area contributed by atoms with E-state index in [0.29, 0.717) is 6.42 Å². The molecule has 3 nitrogen and oxygen atoms in total. The SMILES string of the molecule is NC(c1cccc(I)c1)c1ccc2c(c1)CC(=O)N2. The van der Waals surface area contributed by atoms with Crippen molar-refractivity contribution in [3.63, 3.8) is 0 Å². The number of carbonyl (C=O) groups is 1. The van der Waals surface area contributed by atoms with E-state index in [1.54, 1.807) is 0 Å². The van der Waals surface area contributed by atoms with Gasteiger partial charge in [-0.1, -0.05) is 24.3 Å². The van der Waals surface area contributed by atoms with E-state index in [2.05, 4.69) is 34.0 Å². The average Bonchev–Trinajstić information content (AvgIpc) is 2.76. The molecule has 0 aromatic heterocycles. The Morgan fingerprint density at radius 2 is 1.95 bits per heavy atom. The lowest BCUT2D eigenvalue weighted by molar-refractivity contribution is -0.115. The molecule has 3 N–H and O–H groups in total. The number of benzene rings is 2. The van der Waals surface area contributed by atoms with Crippen LogP contribution in [0.1, 0.15) is 22.7 Å². The largest absolute Gasteiger partial charge is 0.326 e. The minimum Gasteiger partial charge on any atom is -0.326 e. The molecule has 0 saturated carbocycles. The fourth-order valence-corrected chi connectivity index (χ4v) is 2.90. The Morgan fingerprint density at radius 3 is 2.74 bits per heavy atom. The first-order valence-electron chi connectivity index (χ1n) is 6.07. The van der Waals surface area contributed by atoms with Crippen molar-refractivity contribution < 1.29 is 4.79 Å². The quantitative estimate of drug-likeness (QED) is 0.806. The Kier molecular flexibility index (Phi) is 3.28. The highest BCUT2D eigenvalue weighted by atomic mass is 127. The summed E-state index contributed by atoms with van der Waals surface area (Å²) in [4.78, 5) is 11.4. The van der Waals surface area contributed by atoms with Gasteiger partial charge in [-0.05, 0) is 57.5 Å². The third-order valence-electron chi connectivity index (χ3n) is 3.32. The number of anilines is 1. The maximum absolute atomic E-state index is 11.4. The van der Waals surface area contributed by atoms with Gasteiger partial charge in [0.1, 0.15) is 0 Å². The molecule has 0 bridgehead atoms. The van der Waals surface area contributed by atoms with Gasteiger partial charge < -0.3 is 11.1 Å². The first-order chi connectivity index (χ1) is 9.13. The molecule has 19 heavy (non-hydrogen) atoms. The van der Waals surface area contributed by atoms with Crippen LogP contribution in [0.4, 0.5) is 5.69 Å². The summed E-state index contributed by atoms with van der Waals surface area (Å²) in [6.07, 6.45) is 0.447. The minimum atomic E-state index is -0.157. The molecule has 0 fully saturated rings. The Morgan fingerprint density at radius 1 is 1.16 bits per heavy atom. The summed E-state index contributed by atoms with van der Waals surface area (Å²) in [6, 6.07) is 14.0. The molecule has 1 atom stereocenters. The van der Waals surface area contributed by atoms with E-state index >= 15 is 0 Å². The molecule has 0 spiro atoms. The second kappa shape index (κ2) is 4.94. The zero-order valence-corrected chi connectivity index (χ0v) is 12.3. The van der Waals surface area contributed by atoms with E-state index in [0.717, 1.165) is 22.4 Å². The van der Waals surface area contributed by atoms with Crippen LogP contribution in [0.5, 0.6) is 0 Å².